The summed E-state index contributed by atoms with van der Waals surface area (Å²) in [5, 5.41) is 15.0. The lowest BCUT2D eigenvalue weighted by molar-refractivity contribution is 0.112. The standard InChI is InChI=1S/C14H20N2O3/c1-10(17)11-4-2-5-12(8-11)16-14(18)15-9-13-6-3-7-19-13/h2,4-5,8,10,13,17H,3,6-7,9H2,1H3,(H2,15,16,18). The molecule has 1 aromatic rings. The molecular weight excluding hydrogens is 244 g/mol. The van der Waals surface area contributed by atoms with Gasteiger partial charge in [-0.15, -0.1) is 0 Å². The second-order valence-corrected chi connectivity index (χ2v) is 4.77. The largest absolute Gasteiger partial charge is 0.389 e. The number of carbonyl (C=O) groups is 1. The van der Waals surface area contributed by atoms with Crippen LogP contribution in [0.25, 0.3) is 0 Å². The van der Waals surface area contributed by atoms with Crippen LogP contribution in [0.2, 0.25) is 0 Å². The van der Waals surface area contributed by atoms with Crippen LogP contribution < -0.4 is 10.6 Å². The molecule has 19 heavy (non-hydrogen) atoms. The molecular formula is C14H20N2O3. The summed E-state index contributed by atoms with van der Waals surface area (Å²) < 4.78 is 5.43. The van der Waals surface area contributed by atoms with E-state index in [2.05, 4.69) is 10.6 Å². The van der Waals surface area contributed by atoms with Gasteiger partial charge in [-0.3, -0.25) is 0 Å². The molecule has 1 aromatic carbocycles. The van der Waals surface area contributed by atoms with Gasteiger partial charge in [-0.1, -0.05) is 12.1 Å². The monoisotopic (exact) mass is 264 g/mol. The highest BCUT2D eigenvalue weighted by atomic mass is 16.5. The number of carbonyl (C=O) groups excluding carboxylic acids is 1. The van der Waals surface area contributed by atoms with Crippen LogP contribution in [0.3, 0.4) is 0 Å². The quantitative estimate of drug-likeness (QED) is 0.779. The van der Waals surface area contributed by atoms with E-state index in [9.17, 15) is 9.90 Å². The summed E-state index contributed by atoms with van der Waals surface area (Å²) in [5.41, 5.74) is 1.44. The van der Waals surface area contributed by atoms with Gasteiger partial charge >= 0.3 is 6.03 Å². The van der Waals surface area contributed by atoms with Crippen molar-refractivity contribution in [3.63, 3.8) is 0 Å². The van der Waals surface area contributed by atoms with Gasteiger partial charge in [0, 0.05) is 18.8 Å². The predicted octanol–water partition coefficient (Wildman–Crippen LogP) is 2.04. The van der Waals surface area contributed by atoms with Crippen LogP contribution in [0.1, 0.15) is 31.4 Å². The number of hydrogen-bond acceptors (Lipinski definition) is 3. The third kappa shape index (κ3) is 4.22. The van der Waals surface area contributed by atoms with Crippen molar-refractivity contribution in [2.45, 2.75) is 32.0 Å². The minimum atomic E-state index is -0.545. The molecule has 0 saturated carbocycles. The fourth-order valence-electron chi connectivity index (χ4n) is 2.06. The molecule has 2 rings (SSSR count). The summed E-state index contributed by atoms with van der Waals surface area (Å²) in [6.45, 7) is 3.00. The van der Waals surface area contributed by atoms with E-state index >= 15 is 0 Å². The summed E-state index contributed by atoms with van der Waals surface area (Å²) in [6.07, 6.45) is 1.65. The molecule has 0 aliphatic carbocycles. The Hall–Kier alpha value is -1.59. The minimum absolute atomic E-state index is 0.134. The molecule has 0 aromatic heterocycles. The first-order valence-corrected chi connectivity index (χ1v) is 6.59. The van der Waals surface area contributed by atoms with Crippen LogP contribution in [0.4, 0.5) is 10.5 Å². The molecule has 1 heterocycles. The van der Waals surface area contributed by atoms with Crippen molar-refractivity contribution >= 4 is 11.7 Å². The second kappa shape index (κ2) is 6.54. The highest BCUT2D eigenvalue weighted by Crippen LogP contribution is 2.17. The third-order valence-corrected chi connectivity index (χ3v) is 3.14. The van der Waals surface area contributed by atoms with Crippen LogP contribution >= 0.6 is 0 Å². The fraction of sp³-hybridized carbons (Fsp3) is 0.500. The Morgan fingerprint density at radius 3 is 3.11 bits per heavy atom. The van der Waals surface area contributed by atoms with Crippen LogP contribution in [0, 0.1) is 0 Å². The van der Waals surface area contributed by atoms with Crippen molar-refractivity contribution < 1.29 is 14.6 Å². The normalized spacial score (nSPS) is 20.0. The highest BCUT2D eigenvalue weighted by Gasteiger charge is 2.16. The number of nitrogens with one attached hydrogen (secondary N) is 2. The Bertz CT molecular complexity index is 428. The van der Waals surface area contributed by atoms with Crippen LogP contribution in [0.5, 0.6) is 0 Å². The van der Waals surface area contributed by atoms with Crippen LogP contribution in [-0.4, -0.2) is 30.4 Å². The molecule has 2 unspecified atom stereocenters. The van der Waals surface area contributed by atoms with E-state index < -0.39 is 6.10 Å². The van der Waals surface area contributed by atoms with E-state index in [1.165, 1.54) is 0 Å². The molecule has 1 aliphatic rings. The van der Waals surface area contributed by atoms with Crippen molar-refractivity contribution in [3.8, 4) is 0 Å². The first-order chi connectivity index (χ1) is 9.15. The number of anilines is 1. The molecule has 5 nitrogen and oxygen atoms in total. The van der Waals surface area contributed by atoms with E-state index in [-0.39, 0.29) is 12.1 Å². The smallest absolute Gasteiger partial charge is 0.319 e. The number of rotatable bonds is 4. The zero-order chi connectivity index (χ0) is 13.7. The van der Waals surface area contributed by atoms with E-state index in [1.54, 1.807) is 25.1 Å². The summed E-state index contributed by atoms with van der Waals surface area (Å²) in [6, 6.07) is 6.92. The lowest BCUT2D eigenvalue weighted by atomic mass is 10.1. The number of hydrogen-bond donors (Lipinski definition) is 3. The molecule has 5 heteroatoms. The molecule has 0 bridgehead atoms. The lowest BCUT2D eigenvalue weighted by Crippen LogP contribution is -2.35. The topological polar surface area (TPSA) is 70.6 Å². The van der Waals surface area contributed by atoms with E-state index in [4.69, 9.17) is 4.74 Å². The predicted molar refractivity (Wildman–Crippen MR) is 73.1 cm³/mol. The highest BCUT2D eigenvalue weighted by molar-refractivity contribution is 5.89. The molecule has 3 N–H and O–H groups in total. The SMILES string of the molecule is CC(O)c1cccc(NC(=O)NCC2CCCO2)c1. The average Bonchev–Trinajstić information content (AvgIpc) is 2.90. The number of aliphatic hydroxyl groups excluding tert-OH is 1. The summed E-state index contributed by atoms with van der Waals surface area (Å²) >= 11 is 0. The third-order valence-electron chi connectivity index (χ3n) is 3.14. The summed E-state index contributed by atoms with van der Waals surface area (Å²) in [4.78, 5) is 11.7. The van der Waals surface area contributed by atoms with E-state index in [1.807, 2.05) is 6.07 Å². The first-order valence-electron chi connectivity index (χ1n) is 6.59. The average molecular weight is 264 g/mol. The summed E-state index contributed by atoms with van der Waals surface area (Å²) in [5.74, 6) is 0. The van der Waals surface area contributed by atoms with Gasteiger partial charge < -0.3 is 20.5 Å². The van der Waals surface area contributed by atoms with Gasteiger partial charge in [0.05, 0.1) is 12.2 Å². The Morgan fingerprint density at radius 1 is 1.58 bits per heavy atom. The molecule has 1 aliphatic heterocycles. The minimum Gasteiger partial charge on any atom is -0.389 e. The number of amides is 2. The van der Waals surface area contributed by atoms with Crippen molar-refractivity contribution in [2.24, 2.45) is 0 Å². The van der Waals surface area contributed by atoms with Gasteiger partial charge in [0.25, 0.3) is 0 Å². The van der Waals surface area contributed by atoms with Gasteiger partial charge in [0.15, 0.2) is 0 Å². The van der Waals surface area contributed by atoms with Crippen molar-refractivity contribution in [1.29, 1.82) is 0 Å². The zero-order valence-corrected chi connectivity index (χ0v) is 11.1. The number of aliphatic hydroxyl groups is 1. The Morgan fingerprint density at radius 2 is 2.42 bits per heavy atom. The second-order valence-electron chi connectivity index (χ2n) is 4.77. The first kappa shape index (κ1) is 13.8. The molecule has 0 spiro atoms. The van der Waals surface area contributed by atoms with E-state index in [0.717, 1.165) is 25.0 Å². The molecule has 1 fully saturated rings. The zero-order valence-electron chi connectivity index (χ0n) is 11.1. The number of urea groups is 1. The van der Waals surface area contributed by atoms with Gasteiger partial charge in [-0.05, 0) is 37.5 Å². The molecule has 2 atom stereocenters. The van der Waals surface area contributed by atoms with Gasteiger partial charge in [-0.2, -0.15) is 0 Å². The molecule has 1 saturated heterocycles. The Labute approximate surface area is 113 Å². The van der Waals surface area contributed by atoms with Gasteiger partial charge in [-0.25, -0.2) is 4.79 Å². The van der Waals surface area contributed by atoms with Crippen molar-refractivity contribution in [2.75, 3.05) is 18.5 Å². The van der Waals surface area contributed by atoms with Gasteiger partial charge in [0.1, 0.15) is 0 Å². The number of ether oxygens (including phenoxy) is 1. The Kier molecular flexibility index (Phi) is 4.76. The lowest BCUT2D eigenvalue weighted by Gasteiger charge is -2.12. The van der Waals surface area contributed by atoms with Crippen molar-refractivity contribution in [1.82, 2.24) is 5.32 Å². The van der Waals surface area contributed by atoms with Crippen LogP contribution in [0.15, 0.2) is 24.3 Å². The van der Waals surface area contributed by atoms with E-state index in [0.29, 0.717) is 12.2 Å². The van der Waals surface area contributed by atoms with Crippen LogP contribution in [-0.2, 0) is 4.74 Å². The maximum Gasteiger partial charge on any atom is 0.319 e. The maximum absolute atomic E-state index is 11.7. The molecule has 2 amide bonds. The van der Waals surface area contributed by atoms with Gasteiger partial charge in [0.2, 0.25) is 0 Å². The molecule has 104 valence electrons. The Balaban J connectivity index is 1.82. The fourth-order valence-corrected chi connectivity index (χ4v) is 2.06. The number of benzene rings is 1. The maximum atomic E-state index is 11.7. The summed E-state index contributed by atoms with van der Waals surface area (Å²) in [7, 11) is 0. The van der Waals surface area contributed by atoms with Crippen molar-refractivity contribution in [3.05, 3.63) is 29.8 Å². The molecule has 0 radical (unpaired) electrons.